The zero-order valence-electron chi connectivity index (χ0n) is 16.8. The van der Waals surface area contributed by atoms with Crippen LogP contribution < -0.4 is 10.6 Å². The molecule has 0 aliphatic rings. The maximum Gasteiger partial charge on any atom is 0.253 e. The number of carbonyl (C=O) groups excluding carboxylic acids is 2. The smallest absolute Gasteiger partial charge is 0.253 e. The van der Waals surface area contributed by atoms with Crippen LogP contribution in [0.4, 0.5) is 5.69 Å². The van der Waals surface area contributed by atoms with Gasteiger partial charge in [-0.1, -0.05) is 46.1 Å². The zero-order valence-corrected chi connectivity index (χ0v) is 17.7. The van der Waals surface area contributed by atoms with Gasteiger partial charge in [0.2, 0.25) is 5.91 Å². The van der Waals surface area contributed by atoms with Gasteiger partial charge in [0, 0.05) is 30.8 Å². The molecule has 0 aliphatic heterocycles. The highest BCUT2D eigenvalue weighted by molar-refractivity contribution is 7.80. The van der Waals surface area contributed by atoms with Gasteiger partial charge < -0.3 is 15.5 Å². The van der Waals surface area contributed by atoms with E-state index in [0.29, 0.717) is 17.7 Å². The molecule has 1 aromatic rings. The van der Waals surface area contributed by atoms with Crippen molar-refractivity contribution in [2.75, 3.05) is 18.4 Å². The van der Waals surface area contributed by atoms with E-state index in [2.05, 4.69) is 31.4 Å². The van der Waals surface area contributed by atoms with Gasteiger partial charge in [0.05, 0.1) is 0 Å². The van der Waals surface area contributed by atoms with Crippen LogP contribution in [0, 0.1) is 0 Å². The van der Waals surface area contributed by atoms with E-state index in [-0.39, 0.29) is 16.9 Å². The number of nitrogens with zero attached hydrogens (tertiary/aromatic N) is 1. The summed E-state index contributed by atoms with van der Waals surface area (Å²) < 4.78 is 0. The van der Waals surface area contributed by atoms with Gasteiger partial charge in [-0.2, -0.15) is 0 Å². The lowest BCUT2D eigenvalue weighted by Gasteiger charge is -2.21. The van der Waals surface area contributed by atoms with Crippen molar-refractivity contribution in [1.29, 1.82) is 0 Å². The number of amides is 2. The largest absolute Gasteiger partial charge is 0.339 e. The molecule has 0 aromatic heterocycles. The highest BCUT2D eigenvalue weighted by Gasteiger charge is 2.14. The second-order valence-corrected chi connectivity index (χ2v) is 7.09. The molecule has 1 rings (SSSR count). The van der Waals surface area contributed by atoms with E-state index < -0.39 is 0 Å². The molecule has 0 spiro atoms. The van der Waals surface area contributed by atoms with Crippen molar-refractivity contribution < 1.29 is 9.59 Å². The minimum absolute atomic E-state index is 0.0215. The summed E-state index contributed by atoms with van der Waals surface area (Å²) >= 11 is 5.22. The molecule has 0 radical (unpaired) electrons. The summed E-state index contributed by atoms with van der Waals surface area (Å²) in [4.78, 5) is 26.5. The topological polar surface area (TPSA) is 61.4 Å². The van der Waals surface area contributed by atoms with Gasteiger partial charge in [-0.25, -0.2) is 0 Å². The minimum Gasteiger partial charge on any atom is -0.339 e. The van der Waals surface area contributed by atoms with Gasteiger partial charge in [0.15, 0.2) is 5.11 Å². The first kappa shape index (κ1) is 23.1. The van der Waals surface area contributed by atoms with Gasteiger partial charge in [0.1, 0.15) is 0 Å². The summed E-state index contributed by atoms with van der Waals surface area (Å²) in [6, 6.07) is 7.24. The Hall–Kier alpha value is -1.95. The summed E-state index contributed by atoms with van der Waals surface area (Å²) in [5.74, 6) is -0.0545. The monoisotopic (exact) mass is 391 g/mol. The number of anilines is 1. The van der Waals surface area contributed by atoms with Crippen LogP contribution >= 0.6 is 12.2 Å². The third kappa shape index (κ3) is 9.00. The van der Waals surface area contributed by atoms with Gasteiger partial charge in [-0.3, -0.25) is 9.59 Å². The van der Waals surface area contributed by atoms with Crippen LogP contribution in [-0.4, -0.2) is 34.9 Å². The summed E-state index contributed by atoms with van der Waals surface area (Å²) in [7, 11) is 0. The van der Waals surface area contributed by atoms with Crippen LogP contribution in [0.25, 0.3) is 0 Å². The van der Waals surface area contributed by atoms with E-state index in [1.807, 2.05) is 17.0 Å². The third-order valence-corrected chi connectivity index (χ3v) is 4.36. The molecule has 2 N–H and O–H groups in total. The molecule has 0 aliphatic carbocycles. The number of rotatable bonds is 11. The average Bonchev–Trinajstić information content (AvgIpc) is 2.64. The molecular formula is C21H33N3O2S. The molecule has 5 nitrogen and oxygen atoms in total. The Morgan fingerprint density at radius 3 is 2.33 bits per heavy atom. The van der Waals surface area contributed by atoms with Crippen molar-refractivity contribution in [3.8, 4) is 0 Å². The fourth-order valence-electron chi connectivity index (χ4n) is 2.83. The number of nitrogens with one attached hydrogen (secondary N) is 2. The Balaban J connectivity index is 2.61. The molecule has 6 heteroatoms. The second-order valence-electron chi connectivity index (χ2n) is 6.69. The highest BCUT2D eigenvalue weighted by Crippen LogP contribution is 2.14. The van der Waals surface area contributed by atoms with E-state index in [4.69, 9.17) is 12.2 Å². The first-order valence-corrected chi connectivity index (χ1v) is 10.4. The standard InChI is InChI=1S/C21H33N3O2S/c1-4-7-8-9-13-19(25)23-21(27)22-18-12-10-11-17(16-18)20(26)24(14-5-2)15-6-3/h10-12,16H,4-9,13-15H2,1-3H3,(H2,22,23,25,27). The molecule has 0 saturated carbocycles. The Morgan fingerprint density at radius 2 is 1.70 bits per heavy atom. The molecule has 0 heterocycles. The molecule has 0 fully saturated rings. The fourth-order valence-corrected chi connectivity index (χ4v) is 3.06. The van der Waals surface area contributed by atoms with Gasteiger partial charge in [-0.15, -0.1) is 0 Å². The van der Waals surface area contributed by atoms with E-state index in [1.54, 1.807) is 12.1 Å². The predicted molar refractivity (Wildman–Crippen MR) is 116 cm³/mol. The Bertz CT molecular complexity index is 613. The molecule has 27 heavy (non-hydrogen) atoms. The lowest BCUT2D eigenvalue weighted by atomic mass is 10.1. The number of benzene rings is 1. The zero-order chi connectivity index (χ0) is 20.1. The number of hydrogen-bond acceptors (Lipinski definition) is 3. The normalized spacial score (nSPS) is 10.3. The molecule has 0 saturated heterocycles. The van der Waals surface area contributed by atoms with Crippen molar-refractivity contribution in [3.63, 3.8) is 0 Å². The molecular weight excluding hydrogens is 358 g/mol. The molecule has 0 unspecified atom stereocenters. The van der Waals surface area contributed by atoms with Crippen LogP contribution in [-0.2, 0) is 4.79 Å². The minimum atomic E-state index is -0.0760. The van der Waals surface area contributed by atoms with Gasteiger partial charge in [-0.05, 0) is 49.7 Å². The summed E-state index contributed by atoms with van der Waals surface area (Å²) in [6.45, 7) is 7.77. The van der Waals surface area contributed by atoms with E-state index in [1.165, 1.54) is 0 Å². The predicted octanol–water partition coefficient (Wildman–Crippen LogP) is 4.73. The maximum absolute atomic E-state index is 12.7. The molecule has 0 bridgehead atoms. The molecule has 0 atom stereocenters. The van der Waals surface area contributed by atoms with Crippen molar-refractivity contribution >= 4 is 34.8 Å². The molecule has 150 valence electrons. The molecule has 1 aromatic carbocycles. The maximum atomic E-state index is 12.7. The van der Waals surface area contributed by atoms with E-state index in [9.17, 15) is 9.59 Å². The first-order chi connectivity index (χ1) is 13.0. The van der Waals surface area contributed by atoms with Crippen molar-refractivity contribution in [1.82, 2.24) is 10.2 Å². The summed E-state index contributed by atoms with van der Waals surface area (Å²) in [5.41, 5.74) is 1.32. The fraction of sp³-hybridized carbons (Fsp3) is 0.571. The Morgan fingerprint density at radius 1 is 1.00 bits per heavy atom. The summed E-state index contributed by atoms with van der Waals surface area (Å²) in [5, 5.41) is 5.97. The first-order valence-electron chi connectivity index (χ1n) is 10.0. The lowest BCUT2D eigenvalue weighted by molar-refractivity contribution is -0.119. The van der Waals surface area contributed by atoms with Crippen LogP contribution in [0.15, 0.2) is 24.3 Å². The second kappa shape index (κ2) is 13.3. The van der Waals surface area contributed by atoms with Crippen molar-refractivity contribution in [3.05, 3.63) is 29.8 Å². The highest BCUT2D eigenvalue weighted by atomic mass is 32.1. The van der Waals surface area contributed by atoms with Crippen LogP contribution in [0.1, 0.15) is 76.1 Å². The Labute approximate surface area is 168 Å². The van der Waals surface area contributed by atoms with E-state index >= 15 is 0 Å². The van der Waals surface area contributed by atoms with Gasteiger partial charge in [0.25, 0.3) is 5.91 Å². The van der Waals surface area contributed by atoms with Crippen LogP contribution in [0.2, 0.25) is 0 Å². The van der Waals surface area contributed by atoms with Crippen LogP contribution in [0.5, 0.6) is 0 Å². The van der Waals surface area contributed by atoms with Gasteiger partial charge >= 0.3 is 0 Å². The quantitative estimate of drug-likeness (QED) is 0.423. The van der Waals surface area contributed by atoms with Crippen LogP contribution in [0.3, 0.4) is 0 Å². The van der Waals surface area contributed by atoms with Crippen molar-refractivity contribution in [2.45, 2.75) is 65.7 Å². The number of carbonyl (C=O) groups is 2. The summed E-state index contributed by atoms with van der Waals surface area (Å²) in [6.07, 6.45) is 6.55. The SMILES string of the molecule is CCCCCCC(=O)NC(=S)Nc1cccc(C(=O)N(CCC)CCC)c1. The van der Waals surface area contributed by atoms with E-state index in [0.717, 1.165) is 51.6 Å². The average molecular weight is 392 g/mol. The Kier molecular flexibility index (Phi) is 11.3. The molecule has 2 amide bonds. The van der Waals surface area contributed by atoms with Crippen molar-refractivity contribution in [2.24, 2.45) is 0 Å². The third-order valence-electron chi connectivity index (χ3n) is 4.15. The number of thiocarbonyl (C=S) groups is 1. The number of unbranched alkanes of at least 4 members (excludes halogenated alkanes) is 3. The lowest BCUT2D eigenvalue weighted by Crippen LogP contribution is -2.34. The number of hydrogen-bond donors (Lipinski definition) is 2.